The molecular weight excluding hydrogens is 356 g/mol. The number of rotatable bonds is 3. The SMILES string of the molecule is C/C(=C\c1ccc(-c2cc(C(F)(F)F)cc(C(F)(F)F)c2)o1)[N+](=O)[O-]. The number of benzene rings is 1. The maximum Gasteiger partial charge on any atom is 0.416 e. The zero-order valence-electron chi connectivity index (χ0n) is 12.4. The van der Waals surface area contributed by atoms with E-state index >= 15 is 0 Å². The van der Waals surface area contributed by atoms with Gasteiger partial charge in [-0.3, -0.25) is 10.1 Å². The number of hydrogen-bond acceptors (Lipinski definition) is 3. The number of nitrogens with zero attached hydrogens (tertiary/aromatic N) is 1. The minimum Gasteiger partial charge on any atom is -0.456 e. The van der Waals surface area contributed by atoms with Gasteiger partial charge in [0.1, 0.15) is 11.5 Å². The van der Waals surface area contributed by atoms with Crippen molar-refractivity contribution in [3.63, 3.8) is 0 Å². The lowest BCUT2D eigenvalue weighted by Gasteiger charge is -2.13. The fourth-order valence-corrected chi connectivity index (χ4v) is 1.94. The van der Waals surface area contributed by atoms with Crippen molar-refractivity contribution in [3.8, 4) is 11.3 Å². The zero-order valence-corrected chi connectivity index (χ0v) is 12.4. The first-order valence-corrected chi connectivity index (χ1v) is 6.60. The fourth-order valence-electron chi connectivity index (χ4n) is 1.94. The molecule has 0 aliphatic rings. The first-order chi connectivity index (χ1) is 11.4. The molecule has 10 heteroatoms. The van der Waals surface area contributed by atoms with Crippen LogP contribution in [0.5, 0.6) is 0 Å². The van der Waals surface area contributed by atoms with Crippen molar-refractivity contribution in [1.82, 2.24) is 0 Å². The van der Waals surface area contributed by atoms with E-state index in [1.165, 1.54) is 6.07 Å². The van der Waals surface area contributed by atoms with Crippen molar-refractivity contribution in [2.75, 3.05) is 0 Å². The van der Waals surface area contributed by atoms with Crippen LogP contribution >= 0.6 is 0 Å². The first kappa shape index (κ1) is 18.6. The van der Waals surface area contributed by atoms with Gasteiger partial charge in [0.2, 0.25) is 5.70 Å². The third-order valence-corrected chi connectivity index (χ3v) is 3.14. The number of furan rings is 1. The highest BCUT2D eigenvalue weighted by Gasteiger charge is 2.37. The van der Waals surface area contributed by atoms with Crippen LogP contribution < -0.4 is 0 Å². The Morgan fingerprint density at radius 2 is 1.56 bits per heavy atom. The monoisotopic (exact) mass is 365 g/mol. The molecule has 0 unspecified atom stereocenters. The Kier molecular flexibility index (Phi) is 4.65. The Labute approximate surface area is 136 Å². The van der Waals surface area contributed by atoms with Gasteiger partial charge in [0.05, 0.1) is 22.1 Å². The Balaban J connectivity index is 2.54. The summed E-state index contributed by atoms with van der Waals surface area (Å²) in [6, 6.07) is 3.37. The van der Waals surface area contributed by atoms with E-state index < -0.39 is 34.0 Å². The maximum absolute atomic E-state index is 12.8. The smallest absolute Gasteiger partial charge is 0.416 e. The molecule has 134 valence electrons. The van der Waals surface area contributed by atoms with Crippen LogP contribution in [0.25, 0.3) is 17.4 Å². The van der Waals surface area contributed by atoms with Crippen LogP contribution in [0, 0.1) is 10.1 Å². The summed E-state index contributed by atoms with van der Waals surface area (Å²) in [5.74, 6) is -0.353. The standard InChI is InChI=1S/C15H9F6NO3/c1-8(22(23)24)4-12-2-3-13(25-12)9-5-10(14(16,17)18)7-11(6-9)15(19,20)21/h2-7H,1H3/b8-4+. The zero-order chi connectivity index (χ0) is 19.0. The summed E-state index contributed by atoms with van der Waals surface area (Å²) < 4.78 is 82.1. The second-order valence-corrected chi connectivity index (χ2v) is 5.04. The summed E-state index contributed by atoms with van der Waals surface area (Å²) in [7, 11) is 0. The Bertz CT molecular complexity index is 800. The van der Waals surface area contributed by atoms with Crippen molar-refractivity contribution < 1.29 is 35.7 Å². The second kappa shape index (κ2) is 6.26. The van der Waals surface area contributed by atoms with Gasteiger partial charge in [-0.05, 0) is 30.3 Å². The molecule has 2 rings (SSSR count). The van der Waals surface area contributed by atoms with Crippen LogP contribution in [0.1, 0.15) is 23.8 Å². The fraction of sp³-hybridized carbons (Fsp3) is 0.200. The van der Waals surface area contributed by atoms with Crippen LogP contribution in [0.4, 0.5) is 26.3 Å². The van der Waals surface area contributed by atoms with Gasteiger partial charge in [0.15, 0.2) is 0 Å². The summed E-state index contributed by atoms with van der Waals surface area (Å²) in [5, 5.41) is 10.5. The molecule has 0 saturated heterocycles. The van der Waals surface area contributed by atoms with Gasteiger partial charge < -0.3 is 4.42 Å². The molecule has 0 saturated carbocycles. The van der Waals surface area contributed by atoms with Gasteiger partial charge in [0.25, 0.3) is 0 Å². The normalized spacial score (nSPS) is 13.2. The molecule has 0 spiro atoms. The van der Waals surface area contributed by atoms with E-state index in [1.807, 2.05) is 0 Å². The quantitative estimate of drug-likeness (QED) is 0.403. The first-order valence-electron chi connectivity index (χ1n) is 6.60. The molecule has 2 aromatic rings. The molecule has 0 amide bonds. The third-order valence-electron chi connectivity index (χ3n) is 3.14. The van der Waals surface area contributed by atoms with Crippen LogP contribution in [-0.2, 0) is 12.4 Å². The van der Waals surface area contributed by atoms with Crippen molar-refractivity contribution in [1.29, 1.82) is 0 Å². The molecule has 0 atom stereocenters. The van der Waals surface area contributed by atoms with E-state index in [0.717, 1.165) is 19.1 Å². The average Bonchev–Trinajstić information content (AvgIpc) is 2.93. The molecule has 1 heterocycles. The molecule has 0 fully saturated rings. The lowest BCUT2D eigenvalue weighted by Crippen LogP contribution is -2.11. The summed E-state index contributed by atoms with van der Waals surface area (Å²) in [4.78, 5) is 9.82. The van der Waals surface area contributed by atoms with Crippen molar-refractivity contribution in [2.45, 2.75) is 19.3 Å². The predicted octanol–water partition coefficient (Wildman–Crippen LogP) is 5.62. The highest BCUT2D eigenvalue weighted by molar-refractivity contribution is 5.62. The minimum atomic E-state index is -4.98. The van der Waals surface area contributed by atoms with Crippen LogP contribution in [0.2, 0.25) is 0 Å². The highest BCUT2D eigenvalue weighted by atomic mass is 19.4. The van der Waals surface area contributed by atoms with Gasteiger partial charge in [-0.15, -0.1) is 0 Å². The van der Waals surface area contributed by atoms with Crippen molar-refractivity contribution in [2.24, 2.45) is 0 Å². The van der Waals surface area contributed by atoms with E-state index in [4.69, 9.17) is 4.42 Å². The van der Waals surface area contributed by atoms with Gasteiger partial charge in [-0.2, -0.15) is 26.3 Å². The molecular formula is C15H9F6NO3. The minimum absolute atomic E-state index is 0.00411. The Morgan fingerprint density at radius 1 is 1.04 bits per heavy atom. The lowest BCUT2D eigenvalue weighted by molar-refractivity contribution is -0.422. The topological polar surface area (TPSA) is 56.3 Å². The van der Waals surface area contributed by atoms with E-state index in [0.29, 0.717) is 12.1 Å². The van der Waals surface area contributed by atoms with Crippen LogP contribution in [0.3, 0.4) is 0 Å². The predicted molar refractivity (Wildman–Crippen MR) is 74.8 cm³/mol. The number of alkyl halides is 6. The highest BCUT2D eigenvalue weighted by Crippen LogP contribution is 2.39. The molecule has 0 radical (unpaired) electrons. The van der Waals surface area contributed by atoms with E-state index in [2.05, 4.69) is 0 Å². The molecule has 0 aliphatic carbocycles. The van der Waals surface area contributed by atoms with Crippen LogP contribution in [0.15, 0.2) is 40.4 Å². The third kappa shape index (κ3) is 4.40. The van der Waals surface area contributed by atoms with Gasteiger partial charge in [0, 0.05) is 12.5 Å². The van der Waals surface area contributed by atoms with Gasteiger partial charge in [-0.1, -0.05) is 0 Å². The maximum atomic E-state index is 12.8. The molecule has 0 aliphatic heterocycles. The van der Waals surface area contributed by atoms with Gasteiger partial charge >= 0.3 is 12.4 Å². The van der Waals surface area contributed by atoms with E-state index in [1.54, 1.807) is 0 Å². The van der Waals surface area contributed by atoms with Crippen molar-refractivity contribution in [3.05, 3.63) is 63.0 Å². The second-order valence-electron chi connectivity index (χ2n) is 5.04. The molecule has 1 aromatic carbocycles. The molecule has 0 bridgehead atoms. The number of hydrogen-bond donors (Lipinski definition) is 0. The Morgan fingerprint density at radius 3 is 2.00 bits per heavy atom. The average molecular weight is 365 g/mol. The number of allylic oxidation sites excluding steroid dienone is 1. The molecule has 25 heavy (non-hydrogen) atoms. The summed E-state index contributed by atoms with van der Waals surface area (Å²) in [5.41, 5.74) is -3.71. The molecule has 4 nitrogen and oxygen atoms in total. The van der Waals surface area contributed by atoms with Gasteiger partial charge in [-0.25, -0.2) is 0 Å². The number of nitro groups is 1. The van der Waals surface area contributed by atoms with E-state index in [9.17, 15) is 36.5 Å². The van der Waals surface area contributed by atoms with Crippen LogP contribution in [-0.4, -0.2) is 4.92 Å². The number of halogens is 6. The summed E-state index contributed by atoms with van der Waals surface area (Å²) in [6.45, 7) is 1.16. The molecule has 1 aromatic heterocycles. The van der Waals surface area contributed by atoms with E-state index in [-0.39, 0.29) is 23.3 Å². The summed E-state index contributed by atoms with van der Waals surface area (Å²) >= 11 is 0. The van der Waals surface area contributed by atoms with Crippen molar-refractivity contribution >= 4 is 6.08 Å². The largest absolute Gasteiger partial charge is 0.456 e. The lowest BCUT2D eigenvalue weighted by atomic mass is 10.0. The molecule has 0 N–H and O–H groups in total. The summed E-state index contributed by atoms with van der Waals surface area (Å²) in [6.07, 6.45) is -8.96. The Hall–Kier alpha value is -2.78.